The lowest BCUT2D eigenvalue weighted by atomic mass is 9.94. The van der Waals surface area contributed by atoms with Crippen molar-refractivity contribution in [2.75, 3.05) is 7.05 Å². The smallest absolute Gasteiger partial charge is 0.307 e. The Bertz CT molecular complexity index is 546. The molecule has 0 radical (unpaired) electrons. The molecule has 21 heavy (non-hydrogen) atoms. The molecule has 1 fully saturated rings. The summed E-state index contributed by atoms with van der Waals surface area (Å²) in [7, 11) is 1.70. The van der Waals surface area contributed by atoms with Gasteiger partial charge < -0.3 is 10.0 Å². The number of nitrogens with zero attached hydrogens (tertiary/aromatic N) is 1. The summed E-state index contributed by atoms with van der Waals surface area (Å²) in [5.74, 6) is -1.70. The van der Waals surface area contributed by atoms with Crippen molar-refractivity contribution in [3.05, 3.63) is 34.9 Å². The first-order valence-electron chi connectivity index (χ1n) is 7.11. The molecular weight excluding hydrogens is 290 g/mol. The summed E-state index contributed by atoms with van der Waals surface area (Å²) in [5, 5.41) is 9.89. The largest absolute Gasteiger partial charge is 0.481 e. The molecule has 0 aromatic heterocycles. The second-order valence-corrected chi connectivity index (χ2v) is 6.32. The van der Waals surface area contributed by atoms with E-state index in [1.54, 1.807) is 18.0 Å². The topological polar surface area (TPSA) is 57.6 Å². The minimum Gasteiger partial charge on any atom is -0.481 e. The lowest BCUT2D eigenvalue weighted by Gasteiger charge is -2.24. The Balaban J connectivity index is 2.08. The van der Waals surface area contributed by atoms with Crippen molar-refractivity contribution >= 4 is 23.5 Å². The van der Waals surface area contributed by atoms with Crippen LogP contribution in [0.25, 0.3) is 0 Å². The second-order valence-electron chi connectivity index (χ2n) is 5.91. The van der Waals surface area contributed by atoms with Gasteiger partial charge in [0.2, 0.25) is 5.91 Å². The third-order valence-electron chi connectivity index (χ3n) is 4.17. The first kappa shape index (κ1) is 15.8. The standard InChI is InChI=1S/C16H20ClNO3/c1-10-7-12(13(8-10)16(20)21)15(19)18(2)9-11-5-3-4-6-14(11)17/h3-6,10,12-13H,7-9H2,1-2H3,(H,20,21). The monoisotopic (exact) mass is 309 g/mol. The highest BCUT2D eigenvalue weighted by Gasteiger charge is 2.42. The zero-order chi connectivity index (χ0) is 15.6. The average molecular weight is 310 g/mol. The van der Waals surface area contributed by atoms with Crippen LogP contribution in [0.3, 0.4) is 0 Å². The molecule has 114 valence electrons. The van der Waals surface area contributed by atoms with E-state index in [-0.39, 0.29) is 11.8 Å². The number of rotatable bonds is 4. The normalized spacial score (nSPS) is 24.8. The van der Waals surface area contributed by atoms with Gasteiger partial charge in [-0.3, -0.25) is 9.59 Å². The molecule has 0 aliphatic heterocycles. The number of halogens is 1. The average Bonchev–Trinajstić information content (AvgIpc) is 2.82. The van der Waals surface area contributed by atoms with Crippen LogP contribution in [0.1, 0.15) is 25.3 Å². The Labute approximate surface area is 129 Å². The molecule has 1 saturated carbocycles. The van der Waals surface area contributed by atoms with Gasteiger partial charge in [0.1, 0.15) is 0 Å². The summed E-state index contributed by atoms with van der Waals surface area (Å²) in [4.78, 5) is 25.4. The molecular formula is C16H20ClNO3. The van der Waals surface area contributed by atoms with E-state index in [0.29, 0.717) is 24.4 Å². The Morgan fingerprint density at radius 3 is 2.52 bits per heavy atom. The predicted molar refractivity (Wildman–Crippen MR) is 80.9 cm³/mol. The van der Waals surface area contributed by atoms with Gasteiger partial charge in [0.15, 0.2) is 0 Å². The van der Waals surface area contributed by atoms with Crippen molar-refractivity contribution in [3.8, 4) is 0 Å². The zero-order valence-corrected chi connectivity index (χ0v) is 13.0. The van der Waals surface area contributed by atoms with Crippen LogP contribution in [0.4, 0.5) is 0 Å². The van der Waals surface area contributed by atoms with E-state index in [1.807, 2.05) is 25.1 Å². The Morgan fingerprint density at radius 1 is 1.29 bits per heavy atom. The molecule has 2 rings (SSSR count). The van der Waals surface area contributed by atoms with Crippen molar-refractivity contribution in [2.24, 2.45) is 17.8 Å². The lowest BCUT2D eigenvalue weighted by molar-refractivity contribution is -0.148. The molecule has 0 saturated heterocycles. The summed E-state index contributed by atoms with van der Waals surface area (Å²) in [5.41, 5.74) is 0.868. The molecule has 1 aromatic rings. The van der Waals surface area contributed by atoms with Crippen LogP contribution in [-0.2, 0) is 16.1 Å². The van der Waals surface area contributed by atoms with Gasteiger partial charge in [-0.1, -0.05) is 36.7 Å². The van der Waals surface area contributed by atoms with Gasteiger partial charge in [-0.05, 0) is 30.4 Å². The molecule has 0 spiro atoms. The van der Waals surface area contributed by atoms with E-state index in [1.165, 1.54) is 0 Å². The number of benzene rings is 1. The number of carboxylic acids is 1. The number of carbonyl (C=O) groups is 2. The molecule has 3 atom stereocenters. The number of aliphatic carboxylic acids is 1. The maximum atomic E-state index is 12.5. The highest BCUT2D eigenvalue weighted by Crippen LogP contribution is 2.37. The maximum absolute atomic E-state index is 12.5. The molecule has 4 nitrogen and oxygen atoms in total. The summed E-state index contributed by atoms with van der Waals surface area (Å²) < 4.78 is 0. The van der Waals surface area contributed by atoms with Crippen LogP contribution in [0.15, 0.2) is 24.3 Å². The third kappa shape index (κ3) is 3.56. The van der Waals surface area contributed by atoms with Gasteiger partial charge >= 0.3 is 5.97 Å². The minimum atomic E-state index is -0.871. The molecule has 1 aliphatic rings. The van der Waals surface area contributed by atoms with Gasteiger partial charge in [0.05, 0.1) is 11.8 Å². The molecule has 1 N–H and O–H groups in total. The van der Waals surface area contributed by atoms with Gasteiger partial charge in [-0.2, -0.15) is 0 Å². The van der Waals surface area contributed by atoms with Gasteiger partial charge in [0.25, 0.3) is 0 Å². The van der Waals surface area contributed by atoms with E-state index in [4.69, 9.17) is 11.6 Å². The van der Waals surface area contributed by atoms with E-state index in [2.05, 4.69) is 0 Å². The fourth-order valence-electron chi connectivity index (χ4n) is 3.08. The third-order valence-corrected chi connectivity index (χ3v) is 4.54. The van der Waals surface area contributed by atoms with Gasteiger partial charge in [0, 0.05) is 18.6 Å². The van der Waals surface area contributed by atoms with Crippen LogP contribution in [0.2, 0.25) is 5.02 Å². The van der Waals surface area contributed by atoms with Crippen molar-refractivity contribution in [1.82, 2.24) is 4.90 Å². The van der Waals surface area contributed by atoms with Gasteiger partial charge in [-0.25, -0.2) is 0 Å². The molecule has 5 heteroatoms. The minimum absolute atomic E-state index is 0.105. The van der Waals surface area contributed by atoms with Crippen LogP contribution in [-0.4, -0.2) is 28.9 Å². The van der Waals surface area contributed by atoms with Crippen molar-refractivity contribution < 1.29 is 14.7 Å². The van der Waals surface area contributed by atoms with Crippen LogP contribution in [0.5, 0.6) is 0 Å². The SMILES string of the molecule is CC1CC(C(=O)O)C(C(=O)N(C)Cc2ccccc2Cl)C1. The molecule has 0 heterocycles. The number of carboxylic acid groups (broad SMARTS) is 1. The summed E-state index contributed by atoms with van der Waals surface area (Å²) in [6.45, 7) is 2.40. The maximum Gasteiger partial charge on any atom is 0.307 e. The molecule has 1 aromatic carbocycles. The number of amides is 1. The molecule has 0 bridgehead atoms. The van der Waals surface area contributed by atoms with Gasteiger partial charge in [-0.15, -0.1) is 0 Å². The van der Waals surface area contributed by atoms with Crippen molar-refractivity contribution in [2.45, 2.75) is 26.3 Å². The second kappa shape index (κ2) is 6.48. The van der Waals surface area contributed by atoms with E-state index >= 15 is 0 Å². The zero-order valence-electron chi connectivity index (χ0n) is 12.3. The predicted octanol–water partition coefficient (Wildman–Crippen LogP) is 3.05. The Hall–Kier alpha value is -1.55. The number of carbonyl (C=O) groups excluding carboxylic acids is 1. The lowest BCUT2D eigenvalue weighted by Crippen LogP contribution is -2.36. The highest BCUT2D eigenvalue weighted by atomic mass is 35.5. The quantitative estimate of drug-likeness (QED) is 0.930. The molecule has 3 unspecified atom stereocenters. The van der Waals surface area contributed by atoms with E-state index in [9.17, 15) is 14.7 Å². The van der Waals surface area contributed by atoms with Crippen molar-refractivity contribution in [1.29, 1.82) is 0 Å². The van der Waals surface area contributed by atoms with Crippen molar-refractivity contribution in [3.63, 3.8) is 0 Å². The molecule has 1 amide bonds. The van der Waals surface area contributed by atoms with Crippen LogP contribution < -0.4 is 0 Å². The fourth-order valence-corrected chi connectivity index (χ4v) is 3.28. The Morgan fingerprint density at radius 2 is 1.90 bits per heavy atom. The Kier molecular flexibility index (Phi) is 4.88. The van der Waals surface area contributed by atoms with Crippen LogP contribution in [0, 0.1) is 17.8 Å². The van der Waals surface area contributed by atoms with Crippen LogP contribution >= 0.6 is 11.6 Å². The highest BCUT2D eigenvalue weighted by molar-refractivity contribution is 6.31. The molecule has 1 aliphatic carbocycles. The number of hydrogen-bond donors (Lipinski definition) is 1. The number of hydrogen-bond acceptors (Lipinski definition) is 2. The summed E-state index contributed by atoms with van der Waals surface area (Å²) >= 11 is 6.10. The first-order chi connectivity index (χ1) is 9.90. The summed E-state index contributed by atoms with van der Waals surface area (Å²) in [6.07, 6.45) is 1.22. The van der Waals surface area contributed by atoms with E-state index < -0.39 is 17.8 Å². The fraction of sp³-hybridized carbons (Fsp3) is 0.500. The first-order valence-corrected chi connectivity index (χ1v) is 7.49. The van der Waals surface area contributed by atoms with E-state index in [0.717, 1.165) is 5.56 Å². The summed E-state index contributed by atoms with van der Waals surface area (Å²) in [6, 6.07) is 7.37.